The average molecular weight is 243 g/mol. The van der Waals surface area contributed by atoms with Crippen LogP contribution < -0.4 is 10.5 Å². The van der Waals surface area contributed by atoms with Crippen molar-refractivity contribution in [3.63, 3.8) is 0 Å². The number of hydrogen-bond donors (Lipinski definition) is 1. The number of nitrogens with zero attached hydrogens (tertiary/aromatic N) is 3. The van der Waals surface area contributed by atoms with E-state index in [-0.39, 0.29) is 10.6 Å². The van der Waals surface area contributed by atoms with Gasteiger partial charge in [0.25, 0.3) is 5.56 Å². The van der Waals surface area contributed by atoms with E-state index in [4.69, 9.17) is 11.6 Å². The lowest BCUT2D eigenvalue weighted by Gasteiger charge is -2.21. The number of anilines is 1. The monoisotopic (exact) mass is 242 g/mol. The number of rotatable bonds is 2. The van der Waals surface area contributed by atoms with Gasteiger partial charge in [0.15, 0.2) is 5.82 Å². The fourth-order valence-corrected chi connectivity index (χ4v) is 2.17. The Morgan fingerprint density at radius 1 is 1.62 bits per heavy atom. The molecular formula is C10H15ClN4O. The molecule has 1 aromatic heterocycles. The molecule has 0 amide bonds. The summed E-state index contributed by atoms with van der Waals surface area (Å²) in [5.74, 6) is 0.592. The Bertz CT molecular complexity index is 431. The molecule has 6 heteroatoms. The maximum Gasteiger partial charge on any atom is 0.271 e. The van der Waals surface area contributed by atoms with E-state index < -0.39 is 0 Å². The summed E-state index contributed by atoms with van der Waals surface area (Å²) in [6.07, 6.45) is 2.46. The van der Waals surface area contributed by atoms with Gasteiger partial charge in [-0.25, -0.2) is 4.98 Å². The molecule has 0 aliphatic carbocycles. The van der Waals surface area contributed by atoms with Gasteiger partial charge in [-0.15, -0.1) is 0 Å². The summed E-state index contributed by atoms with van der Waals surface area (Å²) in [7, 11) is 4.11. The highest BCUT2D eigenvalue weighted by Crippen LogP contribution is 2.24. The minimum absolute atomic E-state index is 0.182. The lowest BCUT2D eigenvalue weighted by Crippen LogP contribution is -2.32. The quantitative estimate of drug-likeness (QED) is 0.824. The van der Waals surface area contributed by atoms with Crippen LogP contribution in [-0.2, 0) is 0 Å². The summed E-state index contributed by atoms with van der Waals surface area (Å²) in [6.45, 7) is 1.75. The van der Waals surface area contributed by atoms with Gasteiger partial charge in [0.05, 0.1) is 6.33 Å². The Morgan fingerprint density at radius 2 is 2.38 bits per heavy atom. The summed E-state index contributed by atoms with van der Waals surface area (Å²) >= 11 is 5.94. The molecule has 1 aliphatic rings. The lowest BCUT2D eigenvalue weighted by molar-refractivity contribution is 0.315. The molecule has 88 valence electrons. The third kappa shape index (κ3) is 2.05. The van der Waals surface area contributed by atoms with Crippen molar-refractivity contribution in [3.05, 3.63) is 21.7 Å². The van der Waals surface area contributed by atoms with E-state index >= 15 is 0 Å². The highest BCUT2D eigenvalue weighted by Gasteiger charge is 2.26. The van der Waals surface area contributed by atoms with Gasteiger partial charge in [0.1, 0.15) is 5.02 Å². The molecule has 16 heavy (non-hydrogen) atoms. The van der Waals surface area contributed by atoms with E-state index in [2.05, 4.69) is 33.9 Å². The summed E-state index contributed by atoms with van der Waals surface area (Å²) < 4.78 is 0. The van der Waals surface area contributed by atoms with Crippen LogP contribution >= 0.6 is 11.6 Å². The van der Waals surface area contributed by atoms with Crippen LogP contribution in [0.15, 0.2) is 11.1 Å². The first-order chi connectivity index (χ1) is 7.59. The number of aromatic nitrogens is 2. The van der Waals surface area contributed by atoms with Crippen molar-refractivity contribution in [2.24, 2.45) is 0 Å². The fraction of sp³-hybridized carbons (Fsp3) is 0.600. The largest absolute Gasteiger partial charge is 0.354 e. The van der Waals surface area contributed by atoms with Crippen LogP contribution in [0, 0.1) is 0 Å². The Kier molecular flexibility index (Phi) is 3.16. The molecule has 0 aromatic carbocycles. The Hall–Kier alpha value is -1.07. The summed E-state index contributed by atoms with van der Waals surface area (Å²) in [5, 5.41) is 0.182. The molecule has 5 nitrogen and oxygen atoms in total. The van der Waals surface area contributed by atoms with Gasteiger partial charge >= 0.3 is 0 Å². The Morgan fingerprint density at radius 3 is 3.00 bits per heavy atom. The average Bonchev–Trinajstić information content (AvgIpc) is 2.71. The highest BCUT2D eigenvalue weighted by atomic mass is 35.5. The van der Waals surface area contributed by atoms with Crippen molar-refractivity contribution in [1.82, 2.24) is 14.9 Å². The van der Waals surface area contributed by atoms with E-state index in [1.54, 1.807) is 0 Å². The Balaban J connectivity index is 2.21. The minimum Gasteiger partial charge on any atom is -0.354 e. The zero-order valence-corrected chi connectivity index (χ0v) is 10.2. The number of halogens is 1. The first-order valence-electron chi connectivity index (χ1n) is 5.24. The maximum atomic E-state index is 11.3. The number of nitrogens with one attached hydrogen (secondary N) is 1. The van der Waals surface area contributed by atoms with Crippen molar-refractivity contribution in [3.8, 4) is 0 Å². The molecule has 2 rings (SSSR count). The second-order valence-electron chi connectivity index (χ2n) is 4.22. The van der Waals surface area contributed by atoms with Gasteiger partial charge in [-0.2, -0.15) is 0 Å². The van der Waals surface area contributed by atoms with E-state index in [1.807, 2.05) is 0 Å². The van der Waals surface area contributed by atoms with E-state index in [0.29, 0.717) is 11.9 Å². The maximum absolute atomic E-state index is 11.3. The SMILES string of the molecule is CN(C)C1CCN(c2nc[nH]c(=O)c2Cl)C1. The molecule has 1 N–H and O–H groups in total. The molecule has 1 aliphatic heterocycles. The van der Waals surface area contributed by atoms with Crippen LogP contribution in [0.3, 0.4) is 0 Å². The molecular weight excluding hydrogens is 228 g/mol. The van der Waals surface area contributed by atoms with Crippen LogP contribution in [0.4, 0.5) is 5.82 Å². The molecule has 1 saturated heterocycles. The molecule has 0 spiro atoms. The third-order valence-electron chi connectivity index (χ3n) is 2.97. The van der Waals surface area contributed by atoms with Crippen molar-refractivity contribution in [1.29, 1.82) is 0 Å². The van der Waals surface area contributed by atoms with Gasteiger partial charge in [-0.05, 0) is 20.5 Å². The number of likely N-dealkylation sites (N-methyl/N-ethyl adjacent to an activating group) is 1. The topological polar surface area (TPSA) is 52.2 Å². The van der Waals surface area contributed by atoms with Gasteiger partial charge < -0.3 is 14.8 Å². The van der Waals surface area contributed by atoms with Crippen molar-refractivity contribution >= 4 is 17.4 Å². The summed E-state index contributed by atoms with van der Waals surface area (Å²) in [6, 6.07) is 0.497. The second kappa shape index (κ2) is 4.43. The molecule has 0 saturated carbocycles. The number of hydrogen-bond acceptors (Lipinski definition) is 4. The Labute approximate surface area is 99.0 Å². The van der Waals surface area contributed by atoms with Gasteiger partial charge in [0, 0.05) is 19.1 Å². The summed E-state index contributed by atoms with van der Waals surface area (Å²) in [5.41, 5.74) is -0.278. The van der Waals surface area contributed by atoms with Crippen LogP contribution in [0.25, 0.3) is 0 Å². The molecule has 1 atom stereocenters. The molecule has 1 fully saturated rings. The predicted octanol–water partition coefficient (Wildman–Crippen LogP) is 0.564. The van der Waals surface area contributed by atoms with Crippen molar-refractivity contribution < 1.29 is 0 Å². The van der Waals surface area contributed by atoms with E-state index in [0.717, 1.165) is 19.5 Å². The lowest BCUT2D eigenvalue weighted by atomic mass is 10.2. The fourth-order valence-electron chi connectivity index (χ4n) is 1.95. The van der Waals surface area contributed by atoms with E-state index in [9.17, 15) is 4.79 Å². The smallest absolute Gasteiger partial charge is 0.271 e. The predicted molar refractivity (Wildman–Crippen MR) is 64.2 cm³/mol. The zero-order valence-electron chi connectivity index (χ0n) is 9.40. The molecule has 1 unspecified atom stereocenters. The second-order valence-corrected chi connectivity index (χ2v) is 4.60. The zero-order chi connectivity index (χ0) is 11.7. The number of aromatic amines is 1. The van der Waals surface area contributed by atoms with Crippen molar-refractivity contribution in [2.45, 2.75) is 12.5 Å². The normalized spacial score (nSPS) is 20.8. The molecule has 1 aromatic rings. The third-order valence-corrected chi connectivity index (χ3v) is 3.31. The summed E-state index contributed by atoms with van der Waals surface area (Å²) in [4.78, 5) is 22.2. The number of H-pyrrole nitrogens is 1. The van der Waals surface area contributed by atoms with E-state index in [1.165, 1.54) is 6.33 Å². The first kappa shape index (κ1) is 11.4. The molecule has 0 bridgehead atoms. The highest BCUT2D eigenvalue weighted by molar-refractivity contribution is 6.32. The standard InChI is InChI=1S/C10H15ClN4O/c1-14(2)7-3-4-15(5-7)9-8(11)10(16)13-6-12-9/h6-7H,3-5H2,1-2H3,(H,12,13,16). The van der Waals surface area contributed by atoms with Crippen molar-refractivity contribution in [2.75, 3.05) is 32.1 Å². The van der Waals surface area contributed by atoms with Crippen LogP contribution in [0.1, 0.15) is 6.42 Å². The minimum atomic E-state index is -0.278. The van der Waals surface area contributed by atoms with Crippen LogP contribution in [-0.4, -0.2) is 48.1 Å². The molecule has 2 heterocycles. The van der Waals surface area contributed by atoms with Crippen LogP contribution in [0.2, 0.25) is 5.02 Å². The molecule has 0 radical (unpaired) electrons. The first-order valence-corrected chi connectivity index (χ1v) is 5.62. The van der Waals surface area contributed by atoms with Crippen LogP contribution in [0.5, 0.6) is 0 Å². The van der Waals surface area contributed by atoms with Gasteiger partial charge in [-0.3, -0.25) is 4.79 Å². The van der Waals surface area contributed by atoms with Gasteiger partial charge in [-0.1, -0.05) is 11.6 Å². The van der Waals surface area contributed by atoms with Gasteiger partial charge in [0.2, 0.25) is 0 Å².